The maximum absolute atomic E-state index is 13.2. The van der Waals surface area contributed by atoms with Gasteiger partial charge in [-0.25, -0.2) is 8.78 Å². The average molecular weight is 267 g/mol. The fraction of sp³-hybridized carbons (Fsp3) is 0.625. The van der Waals surface area contributed by atoms with E-state index >= 15 is 0 Å². The lowest BCUT2D eigenvalue weighted by atomic mass is 9.93. The minimum absolute atomic E-state index is 0.0201. The van der Waals surface area contributed by atoms with Gasteiger partial charge in [0.2, 0.25) is 0 Å². The minimum atomic E-state index is -0.505. The monoisotopic (exact) mass is 267 g/mol. The van der Waals surface area contributed by atoms with Crippen molar-refractivity contribution in [3.05, 3.63) is 35.4 Å². The molecule has 0 aliphatic heterocycles. The van der Waals surface area contributed by atoms with Crippen LogP contribution in [0.15, 0.2) is 18.2 Å². The third kappa shape index (κ3) is 3.33. The van der Waals surface area contributed by atoms with Crippen LogP contribution in [-0.4, -0.2) is 6.04 Å². The zero-order chi connectivity index (χ0) is 14.0. The fourth-order valence-electron chi connectivity index (χ4n) is 3.30. The Labute approximate surface area is 114 Å². The smallest absolute Gasteiger partial charge is 0.126 e. The molecule has 19 heavy (non-hydrogen) atoms. The first-order valence-electron chi connectivity index (χ1n) is 7.23. The van der Waals surface area contributed by atoms with Crippen LogP contribution in [0.3, 0.4) is 0 Å². The van der Waals surface area contributed by atoms with Crippen LogP contribution >= 0.6 is 0 Å². The lowest BCUT2D eigenvalue weighted by molar-refractivity contribution is 0.327. The summed E-state index contributed by atoms with van der Waals surface area (Å²) in [6.45, 7) is 6.48. The SMILES string of the molecule is CCC1CCC(NC(C)c2cc(F)cc(F)c2)C1C. The van der Waals surface area contributed by atoms with E-state index in [9.17, 15) is 8.78 Å². The van der Waals surface area contributed by atoms with E-state index in [4.69, 9.17) is 0 Å². The van der Waals surface area contributed by atoms with Gasteiger partial charge in [-0.1, -0.05) is 20.3 Å². The van der Waals surface area contributed by atoms with Crippen LogP contribution in [0.1, 0.15) is 51.6 Å². The van der Waals surface area contributed by atoms with Crippen molar-refractivity contribution in [2.45, 2.75) is 52.1 Å². The lowest BCUT2D eigenvalue weighted by Crippen LogP contribution is -2.34. The van der Waals surface area contributed by atoms with Gasteiger partial charge in [0.15, 0.2) is 0 Å². The van der Waals surface area contributed by atoms with Crippen LogP contribution in [0.25, 0.3) is 0 Å². The molecule has 0 saturated heterocycles. The molecule has 1 saturated carbocycles. The largest absolute Gasteiger partial charge is 0.307 e. The Balaban J connectivity index is 2.03. The van der Waals surface area contributed by atoms with E-state index in [1.54, 1.807) is 0 Å². The van der Waals surface area contributed by atoms with Gasteiger partial charge in [-0.3, -0.25) is 0 Å². The molecule has 0 aromatic heterocycles. The standard InChI is InChI=1S/C16H23F2N/c1-4-12-5-6-16(10(12)2)19-11(3)13-7-14(17)9-15(18)8-13/h7-12,16,19H,4-6H2,1-3H3. The zero-order valence-electron chi connectivity index (χ0n) is 11.9. The minimum Gasteiger partial charge on any atom is -0.307 e. The van der Waals surface area contributed by atoms with Crippen molar-refractivity contribution in [1.29, 1.82) is 0 Å². The molecular weight excluding hydrogens is 244 g/mol. The van der Waals surface area contributed by atoms with Crippen molar-refractivity contribution in [3.8, 4) is 0 Å². The summed E-state index contributed by atoms with van der Waals surface area (Å²) in [7, 11) is 0. The molecule has 3 heteroatoms. The number of halogens is 2. The fourth-order valence-corrected chi connectivity index (χ4v) is 3.30. The van der Waals surface area contributed by atoms with E-state index in [1.807, 2.05) is 6.92 Å². The Morgan fingerprint density at radius 1 is 1.21 bits per heavy atom. The Morgan fingerprint density at radius 3 is 2.37 bits per heavy atom. The first-order chi connectivity index (χ1) is 9.01. The van der Waals surface area contributed by atoms with Crippen molar-refractivity contribution >= 4 is 0 Å². The molecule has 0 radical (unpaired) electrons. The van der Waals surface area contributed by atoms with Crippen molar-refractivity contribution in [2.75, 3.05) is 0 Å². The number of rotatable bonds is 4. The Kier molecular flexibility index (Phi) is 4.56. The Hall–Kier alpha value is -0.960. The molecule has 0 spiro atoms. The summed E-state index contributed by atoms with van der Waals surface area (Å²) in [6, 6.07) is 4.18. The van der Waals surface area contributed by atoms with Crippen molar-refractivity contribution in [2.24, 2.45) is 11.8 Å². The summed E-state index contributed by atoms with van der Waals surface area (Å²) in [5.41, 5.74) is 0.685. The zero-order valence-corrected chi connectivity index (χ0v) is 11.9. The summed E-state index contributed by atoms with van der Waals surface area (Å²) in [4.78, 5) is 0. The van der Waals surface area contributed by atoms with Crippen LogP contribution in [0.5, 0.6) is 0 Å². The van der Waals surface area contributed by atoms with Gasteiger partial charge in [0.1, 0.15) is 11.6 Å². The summed E-state index contributed by atoms with van der Waals surface area (Å²) < 4.78 is 26.5. The Morgan fingerprint density at radius 2 is 1.84 bits per heavy atom. The van der Waals surface area contributed by atoms with Gasteiger partial charge in [-0.15, -0.1) is 0 Å². The molecule has 106 valence electrons. The summed E-state index contributed by atoms with van der Waals surface area (Å²) >= 11 is 0. The van der Waals surface area contributed by atoms with E-state index in [0.29, 0.717) is 17.5 Å². The highest BCUT2D eigenvalue weighted by atomic mass is 19.1. The van der Waals surface area contributed by atoms with Gasteiger partial charge < -0.3 is 5.32 Å². The molecule has 2 rings (SSSR count). The van der Waals surface area contributed by atoms with Gasteiger partial charge >= 0.3 is 0 Å². The summed E-state index contributed by atoms with van der Waals surface area (Å²) in [6.07, 6.45) is 3.61. The second-order valence-corrected chi connectivity index (χ2v) is 5.80. The predicted molar refractivity (Wildman–Crippen MR) is 73.9 cm³/mol. The van der Waals surface area contributed by atoms with Crippen LogP contribution < -0.4 is 5.32 Å². The molecule has 0 bridgehead atoms. The van der Waals surface area contributed by atoms with E-state index in [2.05, 4.69) is 19.2 Å². The highest BCUT2D eigenvalue weighted by molar-refractivity contribution is 5.21. The first kappa shape index (κ1) is 14.4. The Bertz CT molecular complexity index is 413. The van der Waals surface area contributed by atoms with Crippen molar-refractivity contribution in [3.63, 3.8) is 0 Å². The lowest BCUT2D eigenvalue weighted by Gasteiger charge is -2.25. The molecule has 1 fully saturated rings. The second kappa shape index (κ2) is 6.00. The molecule has 0 amide bonds. The normalized spacial score (nSPS) is 28.6. The van der Waals surface area contributed by atoms with Gasteiger partial charge in [-0.2, -0.15) is 0 Å². The third-order valence-electron chi connectivity index (χ3n) is 4.60. The molecule has 1 aromatic rings. The van der Waals surface area contributed by atoms with E-state index in [0.717, 1.165) is 18.4 Å². The number of benzene rings is 1. The summed E-state index contributed by atoms with van der Waals surface area (Å²) in [5, 5.41) is 3.53. The van der Waals surface area contributed by atoms with Crippen LogP contribution in [-0.2, 0) is 0 Å². The molecule has 1 aliphatic carbocycles. The maximum atomic E-state index is 13.2. The van der Waals surface area contributed by atoms with Gasteiger partial charge in [0, 0.05) is 18.2 Å². The highest BCUT2D eigenvalue weighted by Crippen LogP contribution is 2.35. The molecule has 1 aliphatic rings. The molecule has 1 N–H and O–H groups in total. The van der Waals surface area contributed by atoms with Crippen molar-refractivity contribution < 1.29 is 8.78 Å². The van der Waals surface area contributed by atoms with Crippen LogP contribution in [0.4, 0.5) is 8.78 Å². The maximum Gasteiger partial charge on any atom is 0.126 e. The van der Waals surface area contributed by atoms with Crippen LogP contribution in [0.2, 0.25) is 0 Å². The second-order valence-electron chi connectivity index (χ2n) is 5.80. The quantitative estimate of drug-likeness (QED) is 0.850. The van der Waals surface area contributed by atoms with Gasteiger partial charge in [0.05, 0.1) is 0 Å². The highest BCUT2D eigenvalue weighted by Gasteiger charge is 2.32. The van der Waals surface area contributed by atoms with Gasteiger partial charge in [0.25, 0.3) is 0 Å². The molecule has 0 heterocycles. The van der Waals surface area contributed by atoms with E-state index < -0.39 is 11.6 Å². The number of hydrogen-bond donors (Lipinski definition) is 1. The van der Waals surface area contributed by atoms with E-state index in [-0.39, 0.29) is 6.04 Å². The van der Waals surface area contributed by atoms with Crippen molar-refractivity contribution in [1.82, 2.24) is 5.32 Å². The molecule has 1 nitrogen and oxygen atoms in total. The number of nitrogens with one attached hydrogen (secondary N) is 1. The van der Waals surface area contributed by atoms with E-state index in [1.165, 1.54) is 25.0 Å². The predicted octanol–water partition coefficient (Wildman–Crippen LogP) is 4.44. The molecule has 1 aromatic carbocycles. The number of hydrogen-bond acceptors (Lipinski definition) is 1. The van der Waals surface area contributed by atoms with Gasteiger partial charge in [-0.05, 0) is 49.3 Å². The average Bonchev–Trinajstić information content (AvgIpc) is 2.69. The first-order valence-corrected chi connectivity index (χ1v) is 7.23. The molecular formula is C16H23F2N. The van der Waals surface area contributed by atoms with Crippen LogP contribution in [0, 0.1) is 23.5 Å². The third-order valence-corrected chi connectivity index (χ3v) is 4.60. The topological polar surface area (TPSA) is 12.0 Å². The molecule has 4 atom stereocenters. The summed E-state index contributed by atoms with van der Waals surface area (Å²) in [5.74, 6) is 0.393. The molecule has 4 unspecified atom stereocenters.